The summed E-state index contributed by atoms with van der Waals surface area (Å²) in [4.78, 5) is 12.3. The van der Waals surface area contributed by atoms with E-state index in [1.54, 1.807) is 0 Å². The number of rotatable bonds is 3. The zero-order valence-electron chi connectivity index (χ0n) is 13.6. The number of hydrogen-bond acceptors (Lipinski definition) is 2. The monoisotopic (exact) mass is 373 g/mol. The Kier molecular flexibility index (Phi) is 4.44. The van der Waals surface area contributed by atoms with Crippen molar-refractivity contribution in [2.45, 2.75) is 33.1 Å². The zero-order valence-corrected chi connectivity index (χ0v) is 15.2. The summed E-state index contributed by atoms with van der Waals surface area (Å²) >= 11 is 3.54. The van der Waals surface area contributed by atoms with Crippen LogP contribution in [0.3, 0.4) is 0 Å². The number of carbonyl (C=O) groups excluding carboxylic acids is 1. The van der Waals surface area contributed by atoms with Crippen LogP contribution in [0.15, 0.2) is 34.8 Å². The molecule has 2 aromatic rings. The molecule has 0 aromatic heterocycles. The van der Waals surface area contributed by atoms with E-state index in [4.69, 9.17) is 4.74 Å². The molecule has 0 saturated carbocycles. The maximum absolute atomic E-state index is 12.3. The normalized spacial score (nSPS) is 16.7. The summed E-state index contributed by atoms with van der Waals surface area (Å²) in [7, 11) is 0. The minimum absolute atomic E-state index is 0.0112. The Morgan fingerprint density at radius 1 is 1.22 bits per heavy atom. The van der Waals surface area contributed by atoms with Gasteiger partial charge in [0.2, 0.25) is 5.91 Å². The van der Waals surface area contributed by atoms with Gasteiger partial charge in [-0.1, -0.05) is 28.1 Å². The molecule has 0 radical (unpaired) electrons. The molecule has 1 aliphatic rings. The average molecular weight is 374 g/mol. The Morgan fingerprint density at radius 3 is 2.74 bits per heavy atom. The molecule has 23 heavy (non-hydrogen) atoms. The molecule has 0 unspecified atom stereocenters. The van der Waals surface area contributed by atoms with Crippen LogP contribution in [0.25, 0.3) is 0 Å². The molecule has 1 aliphatic heterocycles. The van der Waals surface area contributed by atoms with E-state index in [9.17, 15) is 4.79 Å². The molecule has 3 nitrogen and oxygen atoms in total. The van der Waals surface area contributed by atoms with Crippen LogP contribution in [-0.4, -0.2) is 12.5 Å². The number of carbonyl (C=O) groups is 1. The van der Waals surface area contributed by atoms with Gasteiger partial charge in [0.25, 0.3) is 0 Å². The largest absolute Gasteiger partial charge is 0.494 e. The van der Waals surface area contributed by atoms with Gasteiger partial charge in [-0.2, -0.15) is 0 Å². The first-order chi connectivity index (χ1) is 11.0. The lowest BCUT2D eigenvalue weighted by Gasteiger charge is -2.29. The molecule has 1 N–H and O–H groups in total. The molecular formula is C19H20BrNO2. The third-order valence-corrected chi connectivity index (χ3v) is 4.94. The summed E-state index contributed by atoms with van der Waals surface area (Å²) in [6, 6.07) is 10.2. The van der Waals surface area contributed by atoms with Gasteiger partial charge in [-0.05, 0) is 55.7 Å². The van der Waals surface area contributed by atoms with Crippen molar-refractivity contribution in [3.05, 3.63) is 57.1 Å². The van der Waals surface area contributed by atoms with E-state index in [1.165, 1.54) is 5.56 Å². The minimum atomic E-state index is 0.0112. The first-order valence-electron chi connectivity index (χ1n) is 7.83. The maximum atomic E-state index is 12.3. The van der Waals surface area contributed by atoms with Crippen LogP contribution >= 0.6 is 15.9 Å². The van der Waals surface area contributed by atoms with Crippen molar-refractivity contribution in [3.63, 3.8) is 0 Å². The second-order valence-corrected chi connectivity index (χ2v) is 6.81. The van der Waals surface area contributed by atoms with E-state index in [2.05, 4.69) is 53.3 Å². The lowest BCUT2D eigenvalue weighted by Crippen LogP contribution is -2.25. The minimum Gasteiger partial charge on any atom is -0.494 e. The first kappa shape index (κ1) is 16.1. The van der Waals surface area contributed by atoms with E-state index in [-0.39, 0.29) is 11.8 Å². The van der Waals surface area contributed by atoms with Crippen LogP contribution in [0, 0.1) is 13.8 Å². The van der Waals surface area contributed by atoms with Gasteiger partial charge in [-0.25, -0.2) is 0 Å². The van der Waals surface area contributed by atoms with E-state index in [0.29, 0.717) is 13.0 Å². The van der Waals surface area contributed by atoms with Crippen LogP contribution in [0.2, 0.25) is 0 Å². The molecule has 0 fully saturated rings. The van der Waals surface area contributed by atoms with E-state index < -0.39 is 0 Å². The van der Waals surface area contributed by atoms with Gasteiger partial charge in [0.15, 0.2) is 0 Å². The lowest BCUT2D eigenvalue weighted by atomic mass is 9.82. The molecular weight excluding hydrogens is 354 g/mol. The number of aryl methyl sites for hydroxylation is 1. The fraction of sp³-hybridized carbons (Fsp3) is 0.316. The molecule has 4 heteroatoms. The highest BCUT2D eigenvalue weighted by molar-refractivity contribution is 9.10. The van der Waals surface area contributed by atoms with Crippen LogP contribution in [0.5, 0.6) is 5.75 Å². The number of fused-ring (bicyclic) bond motifs is 1. The predicted molar refractivity (Wildman–Crippen MR) is 96.3 cm³/mol. The van der Waals surface area contributed by atoms with Crippen molar-refractivity contribution in [2.75, 3.05) is 11.9 Å². The molecule has 0 spiro atoms. The second-order valence-electron chi connectivity index (χ2n) is 5.89. The van der Waals surface area contributed by atoms with Gasteiger partial charge in [0.05, 0.1) is 6.61 Å². The summed E-state index contributed by atoms with van der Waals surface area (Å²) < 4.78 is 6.79. The van der Waals surface area contributed by atoms with Gasteiger partial charge in [-0.15, -0.1) is 0 Å². The fourth-order valence-electron chi connectivity index (χ4n) is 3.13. The molecule has 0 aliphatic carbocycles. The molecule has 1 amide bonds. The summed E-state index contributed by atoms with van der Waals surface area (Å²) in [6.07, 6.45) is 0.437. The number of anilines is 1. The smallest absolute Gasteiger partial charge is 0.225 e. The van der Waals surface area contributed by atoms with Gasteiger partial charge in [0.1, 0.15) is 5.75 Å². The number of ether oxygens (including phenoxy) is 1. The molecule has 1 heterocycles. The van der Waals surface area contributed by atoms with Crippen molar-refractivity contribution in [1.29, 1.82) is 0 Å². The Morgan fingerprint density at radius 2 is 2.00 bits per heavy atom. The molecule has 2 aromatic carbocycles. The van der Waals surface area contributed by atoms with Crippen LogP contribution in [0.1, 0.15) is 41.5 Å². The highest BCUT2D eigenvalue weighted by Crippen LogP contribution is 2.43. The number of amides is 1. The van der Waals surface area contributed by atoms with Crippen molar-refractivity contribution in [3.8, 4) is 5.75 Å². The van der Waals surface area contributed by atoms with Gasteiger partial charge < -0.3 is 10.1 Å². The van der Waals surface area contributed by atoms with Crippen molar-refractivity contribution in [2.24, 2.45) is 0 Å². The first-order valence-corrected chi connectivity index (χ1v) is 8.62. The van der Waals surface area contributed by atoms with Crippen LogP contribution in [-0.2, 0) is 4.79 Å². The number of benzene rings is 2. The van der Waals surface area contributed by atoms with Gasteiger partial charge >= 0.3 is 0 Å². The summed E-state index contributed by atoms with van der Waals surface area (Å²) in [5.41, 5.74) is 5.48. The third kappa shape index (κ3) is 3.00. The van der Waals surface area contributed by atoms with Crippen molar-refractivity contribution in [1.82, 2.24) is 0 Å². The van der Waals surface area contributed by atoms with Crippen LogP contribution in [0.4, 0.5) is 5.69 Å². The number of halogens is 1. The van der Waals surface area contributed by atoms with E-state index >= 15 is 0 Å². The summed E-state index contributed by atoms with van der Waals surface area (Å²) in [5, 5.41) is 3.04. The second kappa shape index (κ2) is 6.36. The van der Waals surface area contributed by atoms with E-state index in [0.717, 1.165) is 32.6 Å². The number of hydrogen-bond donors (Lipinski definition) is 1. The molecule has 3 rings (SSSR count). The third-order valence-electron chi connectivity index (χ3n) is 4.44. The van der Waals surface area contributed by atoms with E-state index in [1.807, 2.05) is 19.1 Å². The standard InChI is InChI=1S/C19H20BrNO2/c1-4-23-17-8-6-13(20)9-16(17)15-10-18(22)21-19-12(3)11(2)5-7-14(15)19/h5-9,15H,4,10H2,1-3H3,(H,21,22)/t15-/m1/s1. The highest BCUT2D eigenvalue weighted by Gasteiger charge is 2.30. The summed E-state index contributed by atoms with van der Waals surface area (Å²) in [6.45, 7) is 6.70. The molecule has 0 saturated heterocycles. The lowest BCUT2D eigenvalue weighted by molar-refractivity contribution is -0.116. The topological polar surface area (TPSA) is 38.3 Å². The Balaban J connectivity index is 2.17. The molecule has 0 bridgehead atoms. The van der Waals surface area contributed by atoms with Crippen molar-refractivity contribution < 1.29 is 9.53 Å². The van der Waals surface area contributed by atoms with Gasteiger partial charge in [-0.3, -0.25) is 4.79 Å². The van der Waals surface area contributed by atoms with Crippen LogP contribution < -0.4 is 10.1 Å². The zero-order chi connectivity index (χ0) is 16.6. The fourth-order valence-corrected chi connectivity index (χ4v) is 3.51. The highest BCUT2D eigenvalue weighted by atomic mass is 79.9. The molecule has 120 valence electrons. The Hall–Kier alpha value is -1.81. The Labute approximate surface area is 145 Å². The summed E-state index contributed by atoms with van der Waals surface area (Å²) in [5.74, 6) is 0.912. The Bertz CT molecular complexity index is 770. The predicted octanol–water partition coefficient (Wildman–Crippen LogP) is 4.94. The van der Waals surface area contributed by atoms with Gasteiger partial charge in [0, 0.05) is 28.1 Å². The SMILES string of the molecule is CCOc1ccc(Br)cc1[C@@H]1CC(=O)Nc2c1ccc(C)c2C. The number of nitrogens with one attached hydrogen (secondary N) is 1. The maximum Gasteiger partial charge on any atom is 0.225 e. The average Bonchev–Trinajstić information content (AvgIpc) is 2.52. The quantitative estimate of drug-likeness (QED) is 0.827. The van der Waals surface area contributed by atoms with Crippen molar-refractivity contribution >= 4 is 27.5 Å². The molecule has 1 atom stereocenters.